The minimum Gasteiger partial charge on any atom is -0.325 e. The quantitative estimate of drug-likeness (QED) is 0.621. The molecular formula is C23H29BrN2O3S. The molecule has 5 nitrogen and oxygen atoms in total. The summed E-state index contributed by atoms with van der Waals surface area (Å²) in [4.78, 5) is 13.4. The summed E-state index contributed by atoms with van der Waals surface area (Å²) >= 11 is 3.54. The van der Waals surface area contributed by atoms with Crippen LogP contribution in [-0.4, -0.2) is 31.7 Å². The number of sulfonamides is 1. The highest BCUT2D eigenvalue weighted by Gasteiger charge is 2.33. The molecule has 7 heteroatoms. The standard InChI is InChI=1S/C23H29BrN2O3S/c1-4-17-13-20(24)14-18(5-2)22(17)25-23(27)19-7-6-12-26(15-19)30(28,29)21-10-8-16(3)9-11-21/h8-11,13-14,19H,4-7,12,15H2,1-3H3,(H,25,27)/t19-/m0/s1. The van der Waals surface area contributed by atoms with Gasteiger partial charge in [0.15, 0.2) is 0 Å². The van der Waals surface area contributed by atoms with Gasteiger partial charge in [0.1, 0.15) is 0 Å². The number of nitrogens with zero attached hydrogens (tertiary/aromatic N) is 1. The molecule has 0 unspecified atom stereocenters. The molecule has 1 aliphatic rings. The Morgan fingerprint density at radius 2 is 1.73 bits per heavy atom. The second-order valence-corrected chi connectivity index (χ2v) is 10.7. The van der Waals surface area contributed by atoms with E-state index in [1.54, 1.807) is 24.3 Å². The van der Waals surface area contributed by atoms with E-state index in [0.717, 1.165) is 39.7 Å². The average molecular weight is 493 g/mol. The number of carbonyl (C=O) groups is 1. The molecule has 1 saturated heterocycles. The summed E-state index contributed by atoms with van der Waals surface area (Å²) in [6.45, 7) is 6.70. The lowest BCUT2D eigenvalue weighted by Crippen LogP contribution is -2.43. The maximum Gasteiger partial charge on any atom is 0.243 e. The van der Waals surface area contributed by atoms with E-state index in [-0.39, 0.29) is 23.3 Å². The summed E-state index contributed by atoms with van der Waals surface area (Å²) in [6.07, 6.45) is 2.97. The number of piperidine rings is 1. The van der Waals surface area contributed by atoms with Crippen LogP contribution < -0.4 is 5.32 Å². The van der Waals surface area contributed by atoms with E-state index in [4.69, 9.17) is 0 Å². The molecule has 0 aliphatic carbocycles. The largest absolute Gasteiger partial charge is 0.325 e. The molecule has 0 spiro atoms. The topological polar surface area (TPSA) is 66.5 Å². The normalized spacial score (nSPS) is 17.7. The minimum absolute atomic E-state index is 0.106. The molecule has 2 aromatic rings. The third-order valence-corrected chi connectivity index (χ3v) is 8.03. The average Bonchev–Trinajstić information content (AvgIpc) is 2.74. The van der Waals surface area contributed by atoms with Crippen molar-refractivity contribution in [2.45, 2.75) is 51.3 Å². The van der Waals surface area contributed by atoms with Crippen molar-refractivity contribution in [3.63, 3.8) is 0 Å². The van der Waals surface area contributed by atoms with Crippen LogP contribution in [0.1, 0.15) is 43.4 Å². The second kappa shape index (κ2) is 9.62. The van der Waals surface area contributed by atoms with Crippen LogP contribution in [0.25, 0.3) is 0 Å². The first-order chi connectivity index (χ1) is 14.3. The number of anilines is 1. The van der Waals surface area contributed by atoms with E-state index in [9.17, 15) is 13.2 Å². The molecule has 0 saturated carbocycles. The highest BCUT2D eigenvalue weighted by molar-refractivity contribution is 9.10. The van der Waals surface area contributed by atoms with Gasteiger partial charge in [0.2, 0.25) is 15.9 Å². The van der Waals surface area contributed by atoms with E-state index in [1.165, 1.54) is 4.31 Å². The second-order valence-electron chi connectivity index (χ2n) is 7.81. The van der Waals surface area contributed by atoms with Gasteiger partial charge in [-0.25, -0.2) is 8.42 Å². The predicted octanol–water partition coefficient (Wildman–Crippen LogP) is 4.92. The molecule has 1 N–H and O–H groups in total. The number of hydrogen-bond acceptors (Lipinski definition) is 3. The maximum atomic E-state index is 13.1. The van der Waals surface area contributed by atoms with Crippen LogP contribution in [0.4, 0.5) is 5.69 Å². The molecule has 0 bridgehead atoms. The number of nitrogens with one attached hydrogen (secondary N) is 1. The lowest BCUT2D eigenvalue weighted by molar-refractivity contribution is -0.120. The van der Waals surface area contributed by atoms with Gasteiger partial charge < -0.3 is 5.32 Å². The van der Waals surface area contributed by atoms with Gasteiger partial charge in [0.25, 0.3) is 0 Å². The Labute approximate surface area is 188 Å². The minimum atomic E-state index is -3.60. The number of benzene rings is 2. The molecular weight excluding hydrogens is 464 g/mol. The van der Waals surface area contributed by atoms with Crippen molar-refractivity contribution < 1.29 is 13.2 Å². The zero-order valence-corrected chi connectivity index (χ0v) is 20.1. The first-order valence-corrected chi connectivity index (χ1v) is 12.7. The zero-order chi connectivity index (χ0) is 21.9. The Morgan fingerprint density at radius 1 is 1.13 bits per heavy atom. The summed E-state index contributed by atoms with van der Waals surface area (Å²) in [7, 11) is -3.60. The van der Waals surface area contributed by atoms with Gasteiger partial charge >= 0.3 is 0 Å². The van der Waals surface area contributed by atoms with Crippen LogP contribution in [0, 0.1) is 12.8 Å². The SMILES string of the molecule is CCc1cc(Br)cc(CC)c1NC(=O)[C@H]1CCCN(S(=O)(=O)c2ccc(C)cc2)C1. The molecule has 30 heavy (non-hydrogen) atoms. The highest BCUT2D eigenvalue weighted by atomic mass is 79.9. The number of rotatable bonds is 6. The number of amides is 1. The smallest absolute Gasteiger partial charge is 0.243 e. The monoisotopic (exact) mass is 492 g/mol. The third-order valence-electron chi connectivity index (χ3n) is 5.69. The van der Waals surface area contributed by atoms with Crippen molar-refractivity contribution in [2.24, 2.45) is 5.92 Å². The van der Waals surface area contributed by atoms with Crippen LogP contribution in [0.5, 0.6) is 0 Å². The summed E-state index contributed by atoms with van der Waals surface area (Å²) in [6, 6.07) is 10.9. The highest BCUT2D eigenvalue weighted by Crippen LogP contribution is 2.30. The number of halogens is 1. The molecule has 162 valence electrons. The van der Waals surface area contributed by atoms with Gasteiger partial charge in [-0.1, -0.05) is 47.5 Å². The molecule has 1 atom stereocenters. The van der Waals surface area contributed by atoms with Crippen molar-refractivity contribution in [2.75, 3.05) is 18.4 Å². The Bertz CT molecular complexity index is 994. The Balaban J connectivity index is 1.79. The van der Waals surface area contributed by atoms with Gasteiger partial charge in [-0.2, -0.15) is 4.31 Å². The summed E-state index contributed by atoms with van der Waals surface area (Å²) in [5.74, 6) is -0.470. The summed E-state index contributed by atoms with van der Waals surface area (Å²) in [5, 5.41) is 3.12. The summed E-state index contributed by atoms with van der Waals surface area (Å²) < 4.78 is 28.6. The Hall–Kier alpha value is -1.70. The van der Waals surface area contributed by atoms with Gasteiger partial charge in [-0.3, -0.25) is 4.79 Å². The van der Waals surface area contributed by atoms with Crippen LogP contribution in [0.2, 0.25) is 0 Å². The lowest BCUT2D eigenvalue weighted by atomic mass is 9.97. The van der Waals surface area contributed by atoms with E-state index in [2.05, 4.69) is 35.1 Å². The fraction of sp³-hybridized carbons (Fsp3) is 0.435. The zero-order valence-electron chi connectivity index (χ0n) is 17.7. The molecule has 1 amide bonds. The van der Waals surface area contributed by atoms with Crippen molar-refractivity contribution in [1.29, 1.82) is 0 Å². The first-order valence-electron chi connectivity index (χ1n) is 10.4. The van der Waals surface area contributed by atoms with Crippen LogP contribution >= 0.6 is 15.9 Å². The fourth-order valence-electron chi connectivity index (χ4n) is 3.90. The molecule has 1 aliphatic heterocycles. The van der Waals surface area contributed by atoms with Crippen molar-refractivity contribution >= 4 is 37.5 Å². The Morgan fingerprint density at radius 3 is 2.30 bits per heavy atom. The van der Waals surface area contributed by atoms with E-state index >= 15 is 0 Å². The fourth-order valence-corrected chi connectivity index (χ4v) is 5.98. The maximum absolute atomic E-state index is 13.1. The van der Waals surface area contributed by atoms with Crippen LogP contribution in [-0.2, 0) is 27.7 Å². The number of carbonyl (C=O) groups excluding carboxylic acids is 1. The lowest BCUT2D eigenvalue weighted by Gasteiger charge is -2.31. The van der Waals surface area contributed by atoms with Crippen molar-refractivity contribution in [1.82, 2.24) is 4.31 Å². The van der Waals surface area contributed by atoms with Gasteiger partial charge in [-0.15, -0.1) is 0 Å². The number of hydrogen-bond donors (Lipinski definition) is 1. The van der Waals surface area contributed by atoms with E-state index in [0.29, 0.717) is 19.4 Å². The first kappa shape index (κ1) is 23.0. The van der Waals surface area contributed by atoms with Crippen LogP contribution in [0.3, 0.4) is 0 Å². The molecule has 1 fully saturated rings. The van der Waals surface area contributed by atoms with Crippen LogP contribution in [0.15, 0.2) is 45.8 Å². The number of aryl methyl sites for hydroxylation is 3. The van der Waals surface area contributed by atoms with Crippen molar-refractivity contribution in [3.8, 4) is 0 Å². The van der Waals surface area contributed by atoms with Crippen molar-refractivity contribution in [3.05, 3.63) is 57.6 Å². The van der Waals surface area contributed by atoms with E-state index in [1.807, 2.05) is 19.1 Å². The molecule has 0 radical (unpaired) electrons. The molecule has 0 aromatic heterocycles. The Kier molecular flexibility index (Phi) is 7.37. The molecule has 1 heterocycles. The third kappa shape index (κ3) is 4.95. The van der Waals surface area contributed by atoms with Gasteiger partial charge in [0, 0.05) is 23.2 Å². The van der Waals surface area contributed by atoms with E-state index < -0.39 is 10.0 Å². The van der Waals surface area contributed by atoms with Gasteiger partial charge in [0.05, 0.1) is 10.8 Å². The molecule has 3 rings (SSSR count). The van der Waals surface area contributed by atoms with Gasteiger partial charge in [-0.05, 0) is 68.0 Å². The summed E-state index contributed by atoms with van der Waals surface area (Å²) in [5.41, 5.74) is 4.04. The predicted molar refractivity (Wildman–Crippen MR) is 124 cm³/mol. The molecule has 2 aromatic carbocycles.